The zero-order chi connectivity index (χ0) is 10.4. The number of hydrogen-bond acceptors (Lipinski definition) is 2. The molecule has 0 fully saturated rings. The fourth-order valence-corrected chi connectivity index (χ4v) is 1.54. The standard InChI is InChI=1S/C12H20N2/c1-4-12(5-2)14-9-11-7-6-8-13-10(11)3/h6-8,12,14H,4-5,9H2,1-3H3. The average molecular weight is 192 g/mol. The molecule has 1 rings (SSSR count). The van der Waals surface area contributed by atoms with E-state index in [9.17, 15) is 0 Å². The summed E-state index contributed by atoms with van der Waals surface area (Å²) in [4.78, 5) is 4.27. The fraction of sp³-hybridized carbons (Fsp3) is 0.583. The summed E-state index contributed by atoms with van der Waals surface area (Å²) in [7, 11) is 0. The monoisotopic (exact) mass is 192 g/mol. The molecule has 0 bridgehead atoms. The maximum Gasteiger partial charge on any atom is 0.0417 e. The van der Waals surface area contributed by atoms with Gasteiger partial charge in [0.05, 0.1) is 0 Å². The van der Waals surface area contributed by atoms with E-state index in [0.29, 0.717) is 6.04 Å². The first-order valence-electron chi connectivity index (χ1n) is 5.41. The second-order valence-corrected chi connectivity index (χ2v) is 3.64. The van der Waals surface area contributed by atoms with Gasteiger partial charge in [-0.1, -0.05) is 19.9 Å². The van der Waals surface area contributed by atoms with Crippen LogP contribution in [0.4, 0.5) is 0 Å². The van der Waals surface area contributed by atoms with Crippen molar-refractivity contribution in [2.75, 3.05) is 0 Å². The number of aryl methyl sites for hydroxylation is 1. The Bertz CT molecular complexity index is 267. The Morgan fingerprint density at radius 2 is 2.07 bits per heavy atom. The van der Waals surface area contributed by atoms with Gasteiger partial charge >= 0.3 is 0 Å². The van der Waals surface area contributed by atoms with Crippen LogP contribution in [-0.2, 0) is 6.54 Å². The van der Waals surface area contributed by atoms with Crippen molar-refractivity contribution in [3.05, 3.63) is 29.6 Å². The van der Waals surface area contributed by atoms with Crippen LogP contribution in [0.2, 0.25) is 0 Å². The van der Waals surface area contributed by atoms with Crippen molar-refractivity contribution in [2.24, 2.45) is 0 Å². The number of nitrogens with one attached hydrogen (secondary N) is 1. The van der Waals surface area contributed by atoms with Crippen molar-refractivity contribution in [1.29, 1.82) is 0 Å². The Balaban J connectivity index is 2.49. The molecule has 1 heterocycles. The maximum atomic E-state index is 4.27. The molecule has 0 spiro atoms. The van der Waals surface area contributed by atoms with Gasteiger partial charge in [0, 0.05) is 24.5 Å². The highest BCUT2D eigenvalue weighted by atomic mass is 14.9. The Morgan fingerprint density at radius 3 is 2.64 bits per heavy atom. The molecule has 2 heteroatoms. The molecule has 0 saturated carbocycles. The first-order valence-corrected chi connectivity index (χ1v) is 5.41. The normalized spacial score (nSPS) is 10.9. The molecule has 0 unspecified atom stereocenters. The van der Waals surface area contributed by atoms with Crippen molar-refractivity contribution in [2.45, 2.75) is 46.2 Å². The molecule has 0 saturated heterocycles. The van der Waals surface area contributed by atoms with Crippen molar-refractivity contribution in [3.63, 3.8) is 0 Å². The SMILES string of the molecule is CCC(CC)NCc1cccnc1C. The second-order valence-electron chi connectivity index (χ2n) is 3.64. The zero-order valence-electron chi connectivity index (χ0n) is 9.38. The predicted octanol–water partition coefficient (Wildman–Crippen LogP) is 2.67. The molecule has 0 aliphatic rings. The smallest absolute Gasteiger partial charge is 0.0417 e. The summed E-state index contributed by atoms with van der Waals surface area (Å²) in [6.07, 6.45) is 4.22. The van der Waals surface area contributed by atoms with Gasteiger partial charge in [0.15, 0.2) is 0 Å². The Hall–Kier alpha value is -0.890. The van der Waals surface area contributed by atoms with Crippen LogP contribution in [0.1, 0.15) is 37.9 Å². The van der Waals surface area contributed by atoms with Gasteiger partial charge in [0.1, 0.15) is 0 Å². The number of hydrogen-bond donors (Lipinski definition) is 1. The lowest BCUT2D eigenvalue weighted by atomic mass is 10.1. The Kier molecular flexibility index (Phi) is 4.60. The third-order valence-corrected chi connectivity index (χ3v) is 2.68. The minimum Gasteiger partial charge on any atom is -0.310 e. The molecule has 0 aromatic carbocycles. The number of pyridine rings is 1. The van der Waals surface area contributed by atoms with Crippen molar-refractivity contribution in [3.8, 4) is 0 Å². The summed E-state index contributed by atoms with van der Waals surface area (Å²) < 4.78 is 0. The molecule has 1 N–H and O–H groups in total. The summed E-state index contributed by atoms with van der Waals surface area (Å²) >= 11 is 0. The zero-order valence-corrected chi connectivity index (χ0v) is 9.38. The van der Waals surface area contributed by atoms with Gasteiger partial charge in [-0.05, 0) is 31.4 Å². The van der Waals surface area contributed by atoms with E-state index in [-0.39, 0.29) is 0 Å². The molecule has 14 heavy (non-hydrogen) atoms. The largest absolute Gasteiger partial charge is 0.310 e. The van der Waals surface area contributed by atoms with Crippen LogP contribution in [0.15, 0.2) is 18.3 Å². The summed E-state index contributed by atoms with van der Waals surface area (Å²) in [5.74, 6) is 0. The predicted molar refractivity (Wildman–Crippen MR) is 60.2 cm³/mol. The molecule has 0 aliphatic heterocycles. The van der Waals surface area contributed by atoms with Crippen LogP contribution in [-0.4, -0.2) is 11.0 Å². The lowest BCUT2D eigenvalue weighted by molar-refractivity contribution is 0.483. The third-order valence-electron chi connectivity index (χ3n) is 2.68. The van der Waals surface area contributed by atoms with Crippen molar-refractivity contribution in [1.82, 2.24) is 10.3 Å². The topological polar surface area (TPSA) is 24.9 Å². The van der Waals surface area contributed by atoms with E-state index in [0.717, 1.165) is 12.2 Å². The van der Waals surface area contributed by atoms with Crippen molar-refractivity contribution < 1.29 is 0 Å². The number of nitrogens with zero attached hydrogens (tertiary/aromatic N) is 1. The van der Waals surface area contributed by atoms with Crippen LogP contribution in [0.3, 0.4) is 0 Å². The van der Waals surface area contributed by atoms with Gasteiger partial charge < -0.3 is 5.32 Å². The highest BCUT2D eigenvalue weighted by Crippen LogP contribution is 2.05. The van der Waals surface area contributed by atoms with E-state index in [2.05, 4.69) is 37.1 Å². The molecular weight excluding hydrogens is 172 g/mol. The highest BCUT2D eigenvalue weighted by molar-refractivity contribution is 5.17. The minimum atomic E-state index is 0.634. The van der Waals surface area contributed by atoms with Gasteiger partial charge in [-0.25, -0.2) is 0 Å². The molecular formula is C12H20N2. The van der Waals surface area contributed by atoms with Crippen LogP contribution >= 0.6 is 0 Å². The average Bonchev–Trinajstić information content (AvgIpc) is 2.22. The van der Waals surface area contributed by atoms with Crippen LogP contribution in [0.5, 0.6) is 0 Å². The molecule has 0 radical (unpaired) electrons. The van der Waals surface area contributed by atoms with Crippen LogP contribution < -0.4 is 5.32 Å². The molecule has 1 aromatic rings. The van der Waals surface area contributed by atoms with Gasteiger partial charge in [0.25, 0.3) is 0 Å². The summed E-state index contributed by atoms with van der Waals surface area (Å²) in [5, 5.41) is 3.54. The summed E-state index contributed by atoms with van der Waals surface area (Å²) in [6, 6.07) is 4.77. The molecule has 1 aromatic heterocycles. The molecule has 0 aliphatic carbocycles. The van der Waals surface area contributed by atoms with Gasteiger partial charge in [-0.2, -0.15) is 0 Å². The van der Waals surface area contributed by atoms with E-state index in [1.165, 1.54) is 18.4 Å². The fourth-order valence-electron chi connectivity index (χ4n) is 1.54. The highest BCUT2D eigenvalue weighted by Gasteiger charge is 2.03. The second kappa shape index (κ2) is 5.76. The van der Waals surface area contributed by atoms with Gasteiger partial charge in [0.2, 0.25) is 0 Å². The molecule has 78 valence electrons. The van der Waals surface area contributed by atoms with Crippen LogP contribution in [0, 0.1) is 6.92 Å². The molecule has 0 amide bonds. The summed E-state index contributed by atoms with van der Waals surface area (Å²) in [5.41, 5.74) is 2.44. The Morgan fingerprint density at radius 1 is 1.36 bits per heavy atom. The minimum absolute atomic E-state index is 0.634. The summed E-state index contributed by atoms with van der Waals surface area (Å²) in [6.45, 7) is 7.43. The molecule has 2 nitrogen and oxygen atoms in total. The van der Waals surface area contributed by atoms with E-state index in [1.807, 2.05) is 12.3 Å². The molecule has 0 atom stereocenters. The van der Waals surface area contributed by atoms with E-state index in [1.54, 1.807) is 0 Å². The Labute approximate surface area is 86.8 Å². The van der Waals surface area contributed by atoms with Crippen molar-refractivity contribution >= 4 is 0 Å². The third kappa shape index (κ3) is 3.11. The lowest BCUT2D eigenvalue weighted by Gasteiger charge is -2.15. The maximum absolute atomic E-state index is 4.27. The number of rotatable bonds is 5. The first-order chi connectivity index (χ1) is 6.77. The first kappa shape index (κ1) is 11.2. The lowest BCUT2D eigenvalue weighted by Crippen LogP contribution is -2.27. The van der Waals surface area contributed by atoms with Gasteiger partial charge in [-0.15, -0.1) is 0 Å². The van der Waals surface area contributed by atoms with E-state index in [4.69, 9.17) is 0 Å². The quantitative estimate of drug-likeness (QED) is 0.775. The number of aromatic nitrogens is 1. The van der Waals surface area contributed by atoms with E-state index >= 15 is 0 Å². The van der Waals surface area contributed by atoms with Gasteiger partial charge in [-0.3, -0.25) is 4.98 Å². The van der Waals surface area contributed by atoms with E-state index < -0.39 is 0 Å². The van der Waals surface area contributed by atoms with Crippen LogP contribution in [0.25, 0.3) is 0 Å².